The maximum Gasteiger partial charge on any atom is 0.0926 e. The summed E-state index contributed by atoms with van der Waals surface area (Å²) in [6, 6.07) is 0. The van der Waals surface area contributed by atoms with Gasteiger partial charge in [-0.1, -0.05) is 0 Å². The molecule has 5 heterocycles. The Kier molecular flexibility index (Phi) is 1.77. The zero-order chi connectivity index (χ0) is 10.6. The molecule has 0 amide bonds. The van der Waals surface area contributed by atoms with Crippen LogP contribution in [-0.4, -0.2) is 41.0 Å². The zero-order valence-corrected chi connectivity index (χ0v) is 9.50. The molecule has 3 saturated heterocycles. The lowest BCUT2D eigenvalue weighted by atomic mass is 9.69. The maximum absolute atomic E-state index is 4.61. The van der Waals surface area contributed by atoms with Crippen LogP contribution in [0.3, 0.4) is 0 Å². The van der Waals surface area contributed by atoms with Crippen LogP contribution in [0.2, 0.25) is 0 Å². The molecule has 3 fully saturated rings. The normalized spacial score (nSPS) is 41.2. The van der Waals surface area contributed by atoms with Crippen molar-refractivity contribution in [3.63, 3.8) is 0 Å². The van der Waals surface area contributed by atoms with E-state index in [0.717, 1.165) is 25.4 Å². The number of aromatic amines is 1. The van der Waals surface area contributed by atoms with E-state index in [1.807, 2.05) is 6.33 Å². The lowest BCUT2D eigenvalue weighted by Gasteiger charge is -2.54. The fraction of sp³-hybridized carbons (Fsp3) is 0.750. The van der Waals surface area contributed by atoms with E-state index in [1.165, 1.54) is 37.3 Å². The number of aromatic nitrogens is 2. The summed E-state index contributed by atoms with van der Waals surface area (Å²) in [6.45, 7) is 4.83. The van der Waals surface area contributed by atoms with Crippen LogP contribution in [0.15, 0.2) is 6.33 Å². The number of piperidine rings is 3. The van der Waals surface area contributed by atoms with Gasteiger partial charge in [0.05, 0.1) is 17.6 Å². The summed E-state index contributed by atoms with van der Waals surface area (Å²) in [5, 5.41) is 3.78. The van der Waals surface area contributed by atoms with Gasteiger partial charge in [0.2, 0.25) is 0 Å². The van der Waals surface area contributed by atoms with E-state index < -0.39 is 0 Å². The Morgan fingerprint density at radius 2 is 2.25 bits per heavy atom. The Morgan fingerprint density at radius 1 is 1.38 bits per heavy atom. The van der Waals surface area contributed by atoms with Crippen molar-refractivity contribution in [2.75, 3.05) is 26.2 Å². The number of hydrogen-bond donors (Lipinski definition) is 2. The van der Waals surface area contributed by atoms with Gasteiger partial charge in [0.15, 0.2) is 0 Å². The van der Waals surface area contributed by atoms with Crippen molar-refractivity contribution in [2.24, 2.45) is 5.92 Å². The molecule has 1 unspecified atom stereocenters. The molecule has 0 aliphatic carbocycles. The van der Waals surface area contributed by atoms with Gasteiger partial charge in [0, 0.05) is 25.2 Å². The maximum atomic E-state index is 4.61. The van der Waals surface area contributed by atoms with Gasteiger partial charge in [-0.25, -0.2) is 4.98 Å². The monoisotopic (exact) mass is 218 g/mol. The van der Waals surface area contributed by atoms with Gasteiger partial charge in [-0.05, 0) is 31.8 Å². The minimum absolute atomic E-state index is 0.171. The Hall–Kier alpha value is -0.870. The second-order valence-electron chi connectivity index (χ2n) is 5.43. The molecular weight excluding hydrogens is 200 g/mol. The average molecular weight is 218 g/mol. The average Bonchev–Trinajstić information content (AvgIpc) is 2.80. The van der Waals surface area contributed by atoms with Crippen LogP contribution in [0.1, 0.15) is 24.2 Å². The van der Waals surface area contributed by atoms with E-state index in [4.69, 9.17) is 0 Å². The molecule has 86 valence electrons. The number of imidazole rings is 1. The molecule has 1 spiro atoms. The van der Waals surface area contributed by atoms with Crippen molar-refractivity contribution in [3.05, 3.63) is 17.7 Å². The highest BCUT2D eigenvalue weighted by Crippen LogP contribution is 2.43. The number of fused-ring (bicyclic) bond motifs is 3. The summed E-state index contributed by atoms with van der Waals surface area (Å²) >= 11 is 0. The molecule has 1 atom stereocenters. The van der Waals surface area contributed by atoms with E-state index in [9.17, 15) is 0 Å². The van der Waals surface area contributed by atoms with Crippen LogP contribution in [0.5, 0.6) is 0 Å². The van der Waals surface area contributed by atoms with E-state index in [1.54, 1.807) is 0 Å². The second kappa shape index (κ2) is 3.08. The number of nitrogens with zero attached hydrogens (tertiary/aromatic N) is 2. The predicted octanol–water partition coefficient (Wildman–Crippen LogP) is 0.476. The van der Waals surface area contributed by atoms with Crippen molar-refractivity contribution in [2.45, 2.75) is 24.8 Å². The molecule has 1 aromatic rings. The van der Waals surface area contributed by atoms with Gasteiger partial charge in [-0.2, -0.15) is 0 Å². The fourth-order valence-corrected chi connectivity index (χ4v) is 3.92. The molecule has 5 rings (SSSR count). The number of nitrogens with one attached hydrogen (secondary N) is 2. The quantitative estimate of drug-likeness (QED) is 0.665. The highest BCUT2D eigenvalue weighted by molar-refractivity contribution is 5.29. The first-order valence-corrected chi connectivity index (χ1v) is 6.38. The van der Waals surface area contributed by atoms with E-state index in [0.29, 0.717) is 0 Å². The minimum atomic E-state index is 0.171. The second-order valence-corrected chi connectivity index (χ2v) is 5.43. The summed E-state index contributed by atoms with van der Waals surface area (Å²) < 4.78 is 0. The Labute approximate surface area is 95.4 Å². The standard InChI is InChI=1S/C12H18N4/c1-4-15-12(11-10(1)13-8-14-11)7-16-5-2-9(12)3-6-16/h8-9,15H,1-7H2,(H,13,14). The number of hydrogen-bond acceptors (Lipinski definition) is 3. The summed E-state index contributed by atoms with van der Waals surface area (Å²) in [6.07, 6.45) is 5.64. The van der Waals surface area contributed by atoms with Crippen LogP contribution in [0.4, 0.5) is 0 Å². The lowest BCUT2D eigenvalue weighted by Crippen LogP contribution is -2.65. The molecule has 2 bridgehead atoms. The van der Waals surface area contributed by atoms with Crippen LogP contribution < -0.4 is 5.32 Å². The van der Waals surface area contributed by atoms with E-state index in [-0.39, 0.29) is 5.54 Å². The van der Waals surface area contributed by atoms with Crippen LogP contribution in [-0.2, 0) is 12.0 Å². The molecule has 0 radical (unpaired) electrons. The van der Waals surface area contributed by atoms with Crippen molar-refractivity contribution < 1.29 is 0 Å². The lowest BCUT2D eigenvalue weighted by molar-refractivity contribution is -0.00273. The van der Waals surface area contributed by atoms with Gasteiger partial charge in [-0.15, -0.1) is 0 Å². The van der Waals surface area contributed by atoms with E-state index >= 15 is 0 Å². The smallest absolute Gasteiger partial charge is 0.0926 e. The van der Waals surface area contributed by atoms with Gasteiger partial charge in [0.25, 0.3) is 0 Å². The zero-order valence-electron chi connectivity index (χ0n) is 9.50. The Morgan fingerprint density at radius 3 is 3.00 bits per heavy atom. The summed E-state index contributed by atoms with van der Waals surface area (Å²) in [5.74, 6) is 0.792. The highest BCUT2D eigenvalue weighted by atomic mass is 15.2. The van der Waals surface area contributed by atoms with Crippen molar-refractivity contribution in [3.8, 4) is 0 Å². The molecule has 0 saturated carbocycles. The molecule has 1 aromatic heterocycles. The van der Waals surface area contributed by atoms with Gasteiger partial charge in [0.1, 0.15) is 0 Å². The third-order valence-electron chi connectivity index (χ3n) is 4.71. The summed E-state index contributed by atoms with van der Waals surface area (Å²) in [5.41, 5.74) is 2.85. The molecular formula is C12H18N4. The topological polar surface area (TPSA) is 44.0 Å². The number of H-pyrrole nitrogens is 1. The van der Waals surface area contributed by atoms with Gasteiger partial charge < -0.3 is 15.2 Å². The van der Waals surface area contributed by atoms with Crippen molar-refractivity contribution >= 4 is 0 Å². The number of rotatable bonds is 0. The first-order valence-electron chi connectivity index (χ1n) is 6.38. The predicted molar refractivity (Wildman–Crippen MR) is 61.1 cm³/mol. The molecule has 4 aliphatic heterocycles. The molecule has 0 aromatic carbocycles. The molecule has 4 nitrogen and oxygen atoms in total. The first-order chi connectivity index (χ1) is 7.88. The summed E-state index contributed by atoms with van der Waals surface area (Å²) in [7, 11) is 0. The highest BCUT2D eigenvalue weighted by Gasteiger charge is 2.50. The fourth-order valence-electron chi connectivity index (χ4n) is 3.92. The Bertz CT molecular complexity index is 405. The molecule has 16 heavy (non-hydrogen) atoms. The minimum Gasteiger partial charge on any atom is -0.348 e. The first kappa shape index (κ1) is 9.19. The Balaban J connectivity index is 1.83. The largest absolute Gasteiger partial charge is 0.348 e. The third-order valence-corrected chi connectivity index (χ3v) is 4.71. The SMILES string of the molecule is c1nc2c([nH]1)CCNC21CN2CCC1CC2. The van der Waals surface area contributed by atoms with Crippen molar-refractivity contribution in [1.29, 1.82) is 0 Å². The van der Waals surface area contributed by atoms with Crippen molar-refractivity contribution in [1.82, 2.24) is 20.2 Å². The van der Waals surface area contributed by atoms with Gasteiger partial charge in [-0.3, -0.25) is 0 Å². The van der Waals surface area contributed by atoms with Gasteiger partial charge >= 0.3 is 0 Å². The van der Waals surface area contributed by atoms with Crippen LogP contribution in [0, 0.1) is 5.92 Å². The molecule has 4 heteroatoms. The van der Waals surface area contributed by atoms with Crippen LogP contribution in [0.25, 0.3) is 0 Å². The van der Waals surface area contributed by atoms with E-state index in [2.05, 4.69) is 20.2 Å². The molecule has 2 N–H and O–H groups in total. The molecule has 4 aliphatic rings. The third kappa shape index (κ3) is 1.04. The summed E-state index contributed by atoms with van der Waals surface area (Å²) in [4.78, 5) is 10.5. The van der Waals surface area contributed by atoms with Crippen LogP contribution >= 0.6 is 0 Å².